The first-order valence-electron chi connectivity index (χ1n) is 7.01. The highest BCUT2D eigenvalue weighted by molar-refractivity contribution is 7.88. The fourth-order valence-electron chi connectivity index (χ4n) is 2.11. The maximum Gasteiger partial charge on any atom is 0.226 e. The summed E-state index contributed by atoms with van der Waals surface area (Å²) in [6.45, 7) is 0. The van der Waals surface area contributed by atoms with Crippen molar-refractivity contribution >= 4 is 33.2 Å². The highest BCUT2D eigenvalue weighted by Gasteiger charge is 2.20. The molecule has 0 spiro atoms. The van der Waals surface area contributed by atoms with Crippen molar-refractivity contribution in [2.24, 2.45) is 0 Å². The van der Waals surface area contributed by atoms with Gasteiger partial charge in [-0.25, -0.2) is 17.5 Å². The molecule has 0 saturated heterocycles. The molecule has 2 rings (SSSR count). The lowest BCUT2D eigenvalue weighted by Crippen LogP contribution is -2.30. The number of carbonyl (C=O) groups excluding carboxylic acids is 1. The molecule has 2 aromatic rings. The Bertz CT molecular complexity index is 808. The molecular weight excluding hydrogens is 355 g/mol. The van der Waals surface area contributed by atoms with Gasteiger partial charge in [-0.3, -0.25) is 4.79 Å². The van der Waals surface area contributed by atoms with Gasteiger partial charge in [-0.15, -0.1) is 0 Å². The standard InChI is InChI=1S/C16H16ClFN2O3S/c1-24(22,23)20-15(11-2-6-13(18)7-3-11)10-16(21)19-14-8-4-12(17)5-9-14/h2-9,15,20H,10H2,1H3,(H,19,21). The minimum atomic E-state index is -3.55. The smallest absolute Gasteiger partial charge is 0.226 e. The first-order chi connectivity index (χ1) is 11.2. The number of hydrogen-bond donors (Lipinski definition) is 2. The van der Waals surface area contributed by atoms with Crippen LogP contribution in [0.3, 0.4) is 0 Å². The summed E-state index contributed by atoms with van der Waals surface area (Å²) in [6.07, 6.45) is 0.863. The van der Waals surface area contributed by atoms with Crippen LogP contribution in [0.4, 0.5) is 10.1 Å². The SMILES string of the molecule is CS(=O)(=O)NC(CC(=O)Nc1ccc(Cl)cc1)c1ccc(F)cc1. The summed E-state index contributed by atoms with van der Waals surface area (Å²) in [5, 5.41) is 3.20. The van der Waals surface area contributed by atoms with E-state index in [0.29, 0.717) is 16.3 Å². The molecule has 2 aromatic carbocycles. The zero-order valence-corrected chi connectivity index (χ0v) is 14.4. The topological polar surface area (TPSA) is 75.3 Å². The summed E-state index contributed by atoms with van der Waals surface area (Å²) in [4.78, 5) is 12.2. The Labute approximate surface area is 144 Å². The number of nitrogens with one attached hydrogen (secondary N) is 2. The van der Waals surface area contributed by atoms with E-state index in [1.54, 1.807) is 24.3 Å². The fraction of sp³-hybridized carbons (Fsp3) is 0.188. The first kappa shape index (κ1) is 18.4. The third-order valence-corrected chi connectivity index (χ3v) is 4.11. The van der Waals surface area contributed by atoms with E-state index < -0.39 is 21.9 Å². The lowest BCUT2D eigenvalue weighted by molar-refractivity contribution is -0.116. The number of hydrogen-bond acceptors (Lipinski definition) is 3. The third-order valence-electron chi connectivity index (χ3n) is 3.15. The van der Waals surface area contributed by atoms with Crippen LogP contribution in [0.2, 0.25) is 5.02 Å². The molecule has 0 fully saturated rings. The second-order valence-electron chi connectivity index (χ2n) is 5.25. The average Bonchev–Trinajstić information content (AvgIpc) is 2.48. The molecule has 1 amide bonds. The van der Waals surface area contributed by atoms with Gasteiger partial charge in [0.2, 0.25) is 15.9 Å². The molecule has 1 atom stereocenters. The minimum absolute atomic E-state index is 0.138. The van der Waals surface area contributed by atoms with Crippen molar-refractivity contribution in [3.63, 3.8) is 0 Å². The van der Waals surface area contributed by atoms with Crippen molar-refractivity contribution in [2.45, 2.75) is 12.5 Å². The number of anilines is 1. The molecule has 0 aliphatic carbocycles. The van der Waals surface area contributed by atoms with E-state index in [4.69, 9.17) is 11.6 Å². The maximum atomic E-state index is 13.0. The quantitative estimate of drug-likeness (QED) is 0.820. The van der Waals surface area contributed by atoms with Crippen molar-refractivity contribution in [3.8, 4) is 0 Å². The van der Waals surface area contributed by atoms with Gasteiger partial charge < -0.3 is 5.32 Å². The number of sulfonamides is 1. The van der Waals surface area contributed by atoms with Crippen LogP contribution in [0.1, 0.15) is 18.0 Å². The Balaban J connectivity index is 2.13. The van der Waals surface area contributed by atoms with Gasteiger partial charge in [0, 0.05) is 17.1 Å². The highest BCUT2D eigenvalue weighted by atomic mass is 35.5. The van der Waals surface area contributed by atoms with Crippen molar-refractivity contribution in [3.05, 3.63) is 64.9 Å². The van der Waals surface area contributed by atoms with Gasteiger partial charge in [-0.1, -0.05) is 23.7 Å². The number of halogens is 2. The lowest BCUT2D eigenvalue weighted by Gasteiger charge is -2.18. The molecule has 128 valence electrons. The minimum Gasteiger partial charge on any atom is -0.326 e. The molecule has 0 heterocycles. The maximum absolute atomic E-state index is 13.0. The van der Waals surface area contributed by atoms with Gasteiger partial charge in [0.25, 0.3) is 0 Å². The molecule has 0 bridgehead atoms. The monoisotopic (exact) mass is 370 g/mol. The molecule has 24 heavy (non-hydrogen) atoms. The summed E-state index contributed by atoms with van der Waals surface area (Å²) >= 11 is 5.78. The van der Waals surface area contributed by atoms with Crippen molar-refractivity contribution in [1.82, 2.24) is 4.72 Å². The molecular formula is C16H16ClFN2O3S. The average molecular weight is 371 g/mol. The van der Waals surface area contributed by atoms with Crippen LogP contribution in [0.25, 0.3) is 0 Å². The van der Waals surface area contributed by atoms with Crippen molar-refractivity contribution in [2.75, 3.05) is 11.6 Å². The third kappa shape index (κ3) is 5.92. The Kier molecular flexibility index (Phi) is 5.93. The van der Waals surface area contributed by atoms with Gasteiger partial charge >= 0.3 is 0 Å². The molecule has 0 saturated carbocycles. The van der Waals surface area contributed by atoms with Gasteiger partial charge in [0.05, 0.1) is 12.3 Å². The molecule has 0 aliphatic rings. The molecule has 1 unspecified atom stereocenters. The van der Waals surface area contributed by atoms with E-state index in [9.17, 15) is 17.6 Å². The van der Waals surface area contributed by atoms with Crippen LogP contribution in [-0.2, 0) is 14.8 Å². The molecule has 0 aromatic heterocycles. The van der Waals surface area contributed by atoms with Crippen LogP contribution >= 0.6 is 11.6 Å². The summed E-state index contributed by atoms with van der Waals surface area (Å²) in [5.41, 5.74) is 1.04. The van der Waals surface area contributed by atoms with Crippen molar-refractivity contribution in [1.29, 1.82) is 0 Å². The highest BCUT2D eigenvalue weighted by Crippen LogP contribution is 2.20. The number of benzene rings is 2. The van der Waals surface area contributed by atoms with Gasteiger partial charge in [-0.2, -0.15) is 0 Å². The predicted molar refractivity (Wildman–Crippen MR) is 91.8 cm³/mol. The number of carbonyl (C=O) groups is 1. The number of rotatable bonds is 6. The Morgan fingerprint density at radius 2 is 1.71 bits per heavy atom. The van der Waals surface area contributed by atoms with Gasteiger partial charge in [0.1, 0.15) is 5.82 Å². The second-order valence-corrected chi connectivity index (χ2v) is 7.47. The molecule has 8 heteroatoms. The van der Waals surface area contributed by atoms with Crippen molar-refractivity contribution < 1.29 is 17.6 Å². The molecule has 2 N–H and O–H groups in total. The predicted octanol–water partition coefficient (Wildman–Crippen LogP) is 3.10. The summed E-state index contributed by atoms with van der Waals surface area (Å²) < 4.78 is 38.5. The Hall–Kier alpha value is -1.96. The summed E-state index contributed by atoms with van der Waals surface area (Å²) in [7, 11) is -3.55. The van der Waals surface area contributed by atoms with E-state index in [0.717, 1.165) is 6.26 Å². The largest absolute Gasteiger partial charge is 0.326 e. The van der Waals surface area contributed by atoms with Gasteiger partial charge in [0.15, 0.2) is 0 Å². The van der Waals surface area contributed by atoms with E-state index >= 15 is 0 Å². The number of amides is 1. The van der Waals surface area contributed by atoms with E-state index in [1.807, 2.05) is 0 Å². The normalized spacial score (nSPS) is 12.6. The first-order valence-corrected chi connectivity index (χ1v) is 9.28. The van der Waals surface area contributed by atoms with E-state index in [-0.39, 0.29) is 12.3 Å². The second kappa shape index (κ2) is 7.74. The fourth-order valence-corrected chi connectivity index (χ4v) is 2.97. The summed E-state index contributed by atoms with van der Waals surface area (Å²) in [5.74, 6) is -0.828. The van der Waals surface area contributed by atoms with Crippen LogP contribution < -0.4 is 10.0 Å². The molecule has 5 nitrogen and oxygen atoms in total. The Morgan fingerprint density at radius 1 is 1.12 bits per heavy atom. The molecule has 0 aliphatic heterocycles. The van der Waals surface area contributed by atoms with Gasteiger partial charge in [-0.05, 0) is 42.0 Å². The van der Waals surface area contributed by atoms with Crippen LogP contribution in [0.5, 0.6) is 0 Å². The zero-order valence-electron chi connectivity index (χ0n) is 12.8. The van der Waals surface area contributed by atoms with Crippen LogP contribution in [0, 0.1) is 5.82 Å². The molecule has 0 radical (unpaired) electrons. The van der Waals surface area contributed by atoms with Crippen LogP contribution in [0.15, 0.2) is 48.5 Å². The van der Waals surface area contributed by atoms with E-state index in [2.05, 4.69) is 10.0 Å². The van der Waals surface area contributed by atoms with E-state index in [1.165, 1.54) is 24.3 Å². The lowest BCUT2D eigenvalue weighted by atomic mass is 10.0. The summed E-state index contributed by atoms with van der Waals surface area (Å²) in [6, 6.07) is 11.0. The Morgan fingerprint density at radius 3 is 2.25 bits per heavy atom. The zero-order chi connectivity index (χ0) is 17.7. The van der Waals surface area contributed by atoms with Crippen LogP contribution in [-0.4, -0.2) is 20.6 Å².